The van der Waals surface area contributed by atoms with Gasteiger partial charge in [0.2, 0.25) is 0 Å². The van der Waals surface area contributed by atoms with Crippen LogP contribution in [0.25, 0.3) is 10.6 Å². The van der Waals surface area contributed by atoms with E-state index in [1.54, 1.807) is 0 Å². The van der Waals surface area contributed by atoms with Gasteiger partial charge in [-0.15, -0.1) is 11.3 Å². The molecule has 5 rings (SSSR count). The van der Waals surface area contributed by atoms with Gasteiger partial charge in [0.15, 0.2) is 0 Å². The van der Waals surface area contributed by atoms with Gasteiger partial charge in [0.25, 0.3) is 0 Å². The molecule has 0 atom stereocenters. The van der Waals surface area contributed by atoms with E-state index in [9.17, 15) is 13.2 Å². The van der Waals surface area contributed by atoms with Crippen molar-refractivity contribution in [1.82, 2.24) is 9.29 Å². The highest BCUT2D eigenvalue weighted by Crippen LogP contribution is 2.38. The lowest BCUT2D eigenvalue weighted by molar-refractivity contribution is 0.0696. The third kappa shape index (κ3) is 4.98. The van der Waals surface area contributed by atoms with Crippen molar-refractivity contribution in [2.75, 3.05) is 11.8 Å². The zero-order valence-electron chi connectivity index (χ0n) is 20.2. The number of anilines is 1. The zero-order chi connectivity index (χ0) is 25.4. The number of carboxylic acids is 1. The lowest BCUT2D eigenvalue weighted by Crippen LogP contribution is -2.31. The average molecular weight is 528 g/mol. The van der Waals surface area contributed by atoms with Gasteiger partial charge in [-0.3, -0.25) is 4.72 Å². The molecule has 1 aromatic heterocycles. The Bertz CT molecular complexity index is 1350. The predicted molar refractivity (Wildman–Crippen MR) is 140 cm³/mol. The van der Waals surface area contributed by atoms with Crippen molar-refractivity contribution >= 4 is 33.2 Å². The minimum atomic E-state index is -3.89. The van der Waals surface area contributed by atoms with Gasteiger partial charge in [0.05, 0.1) is 37.1 Å². The summed E-state index contributed by atoms with van der Waals surface area (Å²) in [5.41, 5.74) is 3.40. The number of aromatic nitrogens is 1. The molecule has 1 aliphatic heterocycles. The molecule has 190 valence electrons. The number of carbonyl (C=O) groups is 1. The van der Waals surface area contributed by atoms with Crippen LogP contribution in [0.1, 0.15) is 65.0 Å². The fourth-order valence-electron chi connectivity index (χ4n) is 4.91. The standard InChI is InChI=1S/C26H29N3O5S2/c1-16-3-5-17(6-4-16)18-7-9-19(10-8-18)25-27-22-14-29(15-24(22)35-25)36(32,33)28-21-12-11-20(26(30)31)13-23(21)34-2/h7-13,16-17,28H,3-6,14-15H2,1-2H3,(H,30,31). The first-order valence-electron chi connectivity index (χ1n) is 12.0. The van der Waals surface area contributed by atoms with Crippen LogP contribution < -0.4 is 9.46 Å². The molecule has 1 aliphatic carbocycles. The van der Waals surface area contributed by atoms with Gasteiger partial charge in [-0.25, -0.2) is 9.78 Å². The van der Waals surface area contributed by atoms with Crippen molar-refractivity contribution in [3.05, 3.63) is 64.2 Å². The molecule has 0 unspecified atom stereocenters. The number of aromatic carboxylic acids is 1. The smallest absolute Gasteiger partial charge is 0.335 e. The molecule has 0 saturated heterocycles. The molecule has 0 amide bonds. The second kappa shape index (κ2) is 9.84. The maximum atomic E-state index is 13.0. The first kappa shape index (κ1) is 24.7. The number of hydrogen-bond donors (Lipinski definition) is 2. The maximum absolute atomic E-state index is 13.0. The molecular formula is C26H29N3O5S2. The van der Waals surface area contributed by atoms with Crippen LogP contribution in [0.2, 0.25) is 0 Å². The monoisotopic (exact) mass is 527 g/mol. The van der Waals surface area contributed by atoms with Crippen LogP contribution in [0.4, 0.5) is 5.69 Å². The van der Waals surface area contributed by atoms with Crippen LogP contribution in [0.5, 0.6) is 5.75 Å². The molecular weight excluding hydrogens is 498 g/mol. The second-order valence-electron chi connectivity index (χ2n) is 9.56. The quantitative estimate of drug-likeness (QED) is 0.421. The summed E-state index contributed by atoms with van der Waals surface area (Å²) >= 11 is 1.52. The predicted octanol–water partition coefficient (Wildman–Crippen LogP) is 5.48. The van der Waals surface area contributed by atoms with Crippen LogP contribution in [0, 0.1) is 5.92 Å². The molecule has 2 aromatic carbocycles. The highest BCUT2D eigenvalue weighted by atomic mass is 32.2. The summed E-state index contributed by atoms with van der Waals surface area (Å²) in [6.45, 7) is 2.74. The van der Waals surface area contributed by atoms with Gasteiger partial charge in [0, 0.05) is 10.4 Å². The summed E-state index contributed by atoms with van der Waals surface area (Å²) in [5.74, 6) is 0.490. The second-order valence-corrected chi connectivity index (χ2v) is 12.3. The molecule has 10 heteroatoms. The lowest BCUT2D eigenvalue weighted by atomic mass is 9.79. The van der Waals surface area contributed by atoms with E-state index < -0.39 is 16.2 Å². The van der Waals surface area contributed by atoms with Crippen molar-refractivity contribution < 1.29 is 23.1 Å². The number of ether oxygens (including phenoxy) is 1. The van der Waals surface area contributed by atoms with Crippen molar-refractivity contribution in [3.63, 3.8) is 0 Å². The number of hydrogen-bond acceptors (Lipinski definition) is 6. The number of carboxylic acid groups (broad SMARTS) is 1. The minimum Gasteiger partial charge on any atom is -0.495 e. The summed E-state index contributed by atoms with van der Waals surface area (Å²) in [7, 11) is -2.53. The molecule has 2 heterocycles. The molecule has 0 radical (unpaired) electrons. The summed E-state index contributed by atoms with van der Waals surface area (Å²) in [5, 5.41) is 10.1. The van der Waals surface area contributed by atoms with Crippen molar-refractivity contribution in [2.24, 2.45) is 5.92 Å². The number of rotatable bonds is 7. The van der Waals surface area contributed by atoms with Crippen molar-refractivity contribution in [3.8, 4) is 16.3 Å². The van der Waals surface area contributed by atoms with Crippen LogP contribution in [-0.2, 0) is 23.3 Å². The number of nitrogens with zero attached hydrogens (tertiary/aromatic N) is 2. The van der Waals surface area contributed by atoms with Crippen LogP contribution in [-0.4, -0.2) is 35.9 Å². The first-order chi connectivity index (χ1) is 17.2. The van der Waals surface area contributed by atoms with Crippen LogP contribution in [0.3, 0.4) is 0 Å². The normalized spacial score (nSPS) is 20.2. The van der Waals surface area contributed by atoms with Gasteiger partial charge in [0.1, 0.15) is 10.8 Å². The Morgan fingerprint density at radius 3 is 2.47 bits per heavy atom. The van der Waals surface area contributed by atoms with Gasteiger partial charge in [-0.05, 0) is 48.4 Å². The van der Waals surface area contributed by atoms with Crippen LogP contribution in [0.15, 0.2) is 42.5 Å². The average Bonchev–Trinajstić information content (AvgIpc) is 3.45. The SMILES string of the molecule is COc1cc(C(=O)O)ccc1NS(=O)(=O)N1Cc2nc(-c3ccc(C4CCC(C)CC4)cc3)sc2C1. The maximum Gasteiger partial charge on any atom is 0.335 e. The lowest BCUT2D eigenvalue weighted by Gasteiger charge is -2.26. The van der Waals surface area contributed by atoms with Gasteiger partial charge in [-0.2, -0.15) is 12.7 Å². The highest BCUT2D eigenvalue weighted by molar-refractivity contribution is 7.90. The largest absolute Gasteiger partial charge is 0.495 e. The van der Waals surface area contributed by atoms with Crippen molar-refractivity contribution in [1.29, 1.82) is 0 Å². The fraction of sp³-hybridized carbons (Fsp3) is 0.385. The summed E-state index contributed by atoms with van der Waals surface area (Å²) in [6.07, 6.45) is 5.08. The number of thiazole rings is 1. The Kier molecular flexibility index (Phi) is 6.76. The van der Waals surface area contributed by atoms with Crippen molar-refractivity contribution in [2.45, 2.75) is 51.6 Å². The van der Waals surface area contributed by atoms with E-state index >= 15 is 0 Å². The van der Waals surface area contributed by atoms with Crippen LogP contribution >= 0.6 is 11.3 Å². The van der Waals surface area contributed by atoms with E-state index in [4.69, 9.17) is 14.8 Å². The molecule has 36 heavy (non-hydrogen) atoms. The van der Waals surface area contributed by atoms with E-state index in [1.807, 2.05) is 0 Å². The molecule has 0 spiro atoms. The van der Waals surface area contributed by atoms with Gasteiger partial charge >= 0.3 is 16.2 Å². The molecule has 0 bridgehead atoms. The third-order valence-electron chi connectivity index (χ3n) is 7.10. The zero-order valence-corrected chi connectivity index (χ0v) is 21.9. The van der Waals surface area contributed by atoms with E-state index in [-0.39, 0.29) is 30.1 Å². The molecule has 2 aliphatic rings. The Hall–Kier alpha value is -2.95. The van der Waals surface area contributed by atoms with E-state index in [1.165, 1.54) is 72.2 Å². The summed E-state index contributed by atoms with van der Waals surface area (Å²) in [6, 6.07) is 12.7. The molecule has 2 N–H and O–H groups in total. The molecule has 1 fully saturated rings. The fourth-order valence-corrected chi connectivity index (χ4v) is 7.25. The summed E-state index contributed by atoms with van der Waals surface area (Å²) < 4.78 is 35.1. The number of methoxy groups -OCH3 is 1. The summed E-state index contributed by atoms with van der Waals surface area (Å²) in [4.78, 5) is 16.9. The molecule has 1 saturated carbocycles. The Labute approximate surface area is 215 Å². The molecule has 8 nitrogen and oxygen atoms in total. The van der Waals surface area contributed by atoms with Gasteiger partial charge < -0.3 is 9.84 Å². The Morgan fingerprint density at radius 2 is 1.83 bits per heavy atom. The van der Waals surface area contributed by atoms with E-state index in [0.29, 0.717) is 5.92 Å². The number of nitrogens with one attached hydrogen (secondary N) is 1. The Morgan fingerprint density at radius 1 is 1.11 bits per heavy atom. The van der Waals surface area contributed by atoms with Gasteiger partial charge in [-0.1, -0.05) is 44.0 Å². The highest BCUT2D eigenvalue weighted by Gasteiger charge is 2.33. The number of benzene rings is 2. The molecule has 3 aromatic rings. The Balaban J connectivity index is 1.26. The third-order valence-corrected chi connectivity index (χ3v) is 9.64. The van der Waals surface area contributed by atoms with E-state index in [2.05, 4.69) is 35.9 Å². The topological polar surface area (TPSA) is 109 Å². The minimum absolute atomic E-state index is 0.0104. The number of fused-ring (bicyclic) bond motifs is 1. The van der Waals surface area contributed by atoms with E-state index in [0.717, 1.165) is 27.1 Å². The first-order valence-corrected chi connectivity index (χ1v) is 14.3.